The van der Waals surface area contributed by atoms with Crippen molar-refractivity contribution in [1.82, 2.24) is 0 Å². The molecule has 3 heteroatoms. The highest BCUT2D eigenvalue weighted by molar-refractivity contribution is 6.24. The van der Waals surface area contributed by atoms with Crippen molar-refractivity contribution in [3.05, 3.63) is 34.9 Å². The molecule has 2 nitrogen and oxygen atoms in total. The predicted molar refractivity (Wildman–Crippen MR) is 88.5 cm³/mol. The van der Waals surface area contributed by atoms with Crippen LogP contribution in [0.2, 0.25) is 6.82 Å². The Balaban J connectivity index is 1.74. The first-order chi connectivity index (χ1) is 10.6. The van der Waals surface area contributed by atoms with Crippen molar-refractivity contribution < 1.29 is 9.45 Å². The maximum absolute atomic E-state index is 11.7. The van der Waals surface area contributed by atoms with Gasteiger partial charge in [-0.15, -0.1) is 0 Å². The Morgan fingerprint density at radius 2 is 2.09 bits per heavy atom. The molecule has 0 bridgehead atoms. The molecule has 0 amide bonds. The van der Waals surface area contributed by atoms with Crippen molar-refractivity contribution in [2.45, 2.75) is 58.4 Å². The number of rotatable bonds is 2. The molecule has 0 aromatic carbocycles. The third-order valence-electron chi connectivity index (χ3n) is 6.46. The van der Waals surface area contributed by atoms with Gasteiger partial charge in [-0.25, -0.2) is 0 Å². The van der Waals surface area contributed by atoms with Gasteiger partial charge in [0.15, 0.2) is 5.78 Å². The second-order valence-corrected chi connectivity index (χ2v) is 7.46. The Labute approximate surface area is 134 Å². The van der Waals surface area contributed by atoms with Crippen molar-refractivity contribution in [2.24, 2.45) is 17.3 Å². The minimum absolute atomic E-state index is 0.174. The van der Waals surface area contributed by atoms with E-state index in [9.17, 15) is 4.79 Å². The molecule has 4 rings (SSSR count). The maximum Gasteiger partial charge on any atom is 0.289 e. The van der Waals surface area contributed by atoms with Gasteiger partial charge in [0.05, 0.1) is 0 Å². The third kappa shape index (κ3) is 2.01. The lowest BCUT2D eigenvalue weighted by atomic mass is 9.60. The van der Waals surface area contributed by atoms with E-state index in [0.717, 1.165) is 19.3 Å². The van der Waals surface area contributed by atoms with Crippen LogP contribution >= 0.6 is 0 Å². The highest BCUT2D eigenvalue weighted by Gasteiger charge is 2.51. The number of carbonyl (C=O) groups excluding carboxylic acids is 1. The van der Waals surface area contributed by atoms with E-state index in [1.165, 1.54) is 29.6 Å². The van der Waals surface area contributed by atoms with Gasteiger partial charge in [-0.05, 0) is 66.7 Å². The summed E-state index contributed by atoms with van der Waals surface area (Å²) < 4.78 is 5.93. The molecule has 115 valence electrons. The van der Waals surface area contributed by atoms with Gasteiger partial charge in [-0.3, -0.25) is 4.79 Å². The van der Waals surface area contributed by atoms with Crippen LogP contribution in [0.15, 0.2) is 34.9 Å². The molecular weight excluding hydrogens is 271 g/mol. The largest absolute Gasteiger partial charge is 0.437 e. The number of carbonyl (C=O) groups is 1. The molecule has 0 spiro atoms. The van der Waals surface area contributed by atoms with Crippen LogP contribution in [-0.2, 0) is 9.45 Å². The van der Waals surface area contributed by atoms with Crippen LogP contribution in [0.3, 0.4) is 0 Å². The average molecular weight is 295 g/mol. The molecule has 22 heavy (non-hydrogen) atoms. The molecule has 4 aliphatic carbocycles. The van der Waals surface area contributed by atoms with E-state index in [1.54, 1.807) is 0 Å². The van der Waals surface area contributed by atoms with Crippen molar-refractivity contribution >= 4 is 13.3 Å². The zero-order valence-electron chi connectivity index (χ0n) is 13.6. The number of ketones is 1. The van der Waals surface area contributed by atoms with Crippen LogP contribution in [0.4, 0.5) is 0 Å². The SMILES string of the molecule is C[B]OC1CCC2C3CCC4=CC(=O)CCC4=C3C=CC12C. The van der Waals surface area contributed by atoms with E-state index < -0.39 is 0 Å². The molecule has 4 unspecified atom stereocenters. The molecule has 1 fully saturated rings. The van der Waals surface area contributed by atoms with Crippen LogP contribution < -0.4 is 0 Å². The van der Waals surface area contributed by atoms with Gasteiger partial charge >= 0.3 is 0 Å². The Bertz CT molecular complexity index is 601. The van der Waals surface area contributed by atoms with E-state index in [-0.39, 0.29) is 5.41 Å². The van der Waals surface area contributed by atoms with Gasteiger partial charge in [-0.1, -0.05) is 25.9 Å². The summed E-state index contributed by atoms with van der Waals surface area (Å²) in [6.07, 6.45) is 13.4. The molecule has 0 N–H and O–H groups in total. The molecule has 0 heterocycles. The Hall–Kier alpha value is -1.09. The molecular formula is C19H24BO2. The molecule has 0 aromatic rings. The van der Waals surface area contributed by atoms with Crippen LogP contribution in [0, 0.1) is 17.3 Å². The second kappa shape index (κ2) is 5.23. The second-order valence-electron chi connectivity index (χ2n) is 7.46. The number of fused-ring (bicyclic) bond motifs is 4. The van der Waals surface area contributed by atoms with Gasteiger partial charge < -0.3 is 4.65 Å². The zero-order valence-corrected chi connectivity index (χ0v) is 13.6. The predicted octanol–water partition coefficient (Wildman–Crippen LogP) is 4.02. The van der Waals surface area contributed by atoms with Gasteiger partial charge in [0.25, 0.3) is 7.48 Å². The third-order valence-corrected chi connectivity index (χ3v) is 6.46. The molecule has 0 aromatic heterocycles. The van der Waals surface area contributed by atoms with Crippen LogP contribution in [-0.4, -0.2) is 19.4 Å². The van der Waals surface area contributed by atoms with Crippen molar-refractivity contribution in [1.29, 1.82) is 0 Å². The lowest BCUT2D eigenvalue weighted by molar-refractivity contribution is -0.114. The standard InChI is InChI=1S/C19H24BO2/c1-19-10-9-15-14-6-4-13(21)11-12(14)3-5-16(15)17(19)7-8-18(19)22-20-2/h9-11,16-18H,3-8H2,1-2H3. The fourth-order valence-corrected chi connectivity index (χ4v) is 5.35. The van der Waals surface area contributed by atoms with Gasteiger partial charge in [0, 0.05) is 17.9 Å². The summed E-state index contributed by atoms with van der Waals surface area (Å²) in [7, 11) is 1.86. The normalized spacial score (nSPS) is 40.0. The van der Waals surface area contributed by atoms with Gasteiger partial charge in [0.2, 0.25) is 0 Å². The van der Waals surface area contributed by atoms with Gasteiger partial charge in [0.1, 0.15) is 0 Å². The first-order valence-corrected chi connectivity index (χ1v) is 8.73. The highest BCUT2D eigenvalue weighted by atomic mass is 16.4. The topological polar surface area (TPSA) is 26.3 Å². The highest BCUT2D eigenvalue weighted by Crippen LogP contribution is 2.57. The Kier molecular flexibility index (Phi) is 3.45. The lowest BCUT2D eigenvalue weighted by Crippen LogP contribution is -2.40. The van der Waals surface area contributed by atoms with Crippen molar-refractivity contribution in [2.75, 3.05) is 0 Å². The fourth-order valence-electron chi connectivity index (χ4n) is 5.35. The summed E-state index contributed by atoms with van der Waals surface area (Å²) in [6.45, 7) is 4.36. The van der Waals surface area contributed by atoms with Gasteiger partial charge in [-0.2, -0.15) is 0 Å². The van der Waals surface area contributed by atoms with Crippen LogP contribution in [0.5, 0.6) is 0 Å². The first-order valence-electron chi connectivity index (χ1n) is 8.73. The number of hydrogen-bond acceptors (Lipinski definition) is 2. The monoisotopic (exact) mass is 295 g/mol. The van der Waals surface area contributed by atoms with E-state index >= 15 is 0 Å². The van der Waals surface area contributed by atoms with E-state index in [4.69, 9.17) is 4.65 Å². The van der Waals surface area contributed by atoms with E-state index in [0.29, 0.717) is 30.1 Å². The average Bonchev–Trinajstić information content (AvgIpc) is 2.84. The molecule has 0 aliphatic heterocycles. The summed E-state index contributed by atoms with van der Waals surface area (Å²) in [6, 6.07) is 0. The Morgan fingerprint density at radius 1 is 1.23 bits per heavy atom. The summed E-state index contributed by atoms with van der Waals surface area (Å²) in [5.74, 6) is 1.68. The molecule has 0 saturated heterocycles. The quantitative estimate of drug-likeness (QED) is 0.719. The van der Waals surface area contributed by atoms with Crippen LogP contribution in [0.25, 0.3) is 0 Å². The Morgan fingerprint density at radius 3 is 2.91 bits per heavy atom. The zero-order chi connectivity index (χ0) is 15.3. The van der Waals surface area contributed by atoms with E-state index in [2.05, 4.69) is 19.1 Å². The lowest BCUT2D eigenvalue weighted by Gasteiger charge is -2.45. The number of hydrogen-bond donors (Lipinski definition) is 0. The number of allylic oxidation sites excluding steroid dienone is 5. The molecule has 4 aliphatic rings. The van der Waals surface area contributed by atoms with Crippen molar-refractivity contribution in [3.8, 4) is 0 Å². The maximum atomic E-state index is 11.7. The summed E-state index contributed by atoms with van der Waals surface area (Å²) in [5, 5.41) is 0. The van der Waals surface area contributed by atoms with E-state index in [1.807, 2.05) is 20.4 Å². The molecule has 1 saturated carbocycles. The smallest absolute Gasteiger partial charge is 0.289 e. The first kappa shape index (κ1) is 14.5. The fraction of sp³-hybridized carbons (Fsp3) is 0.632. The molecule has 1 radical (unpaired) electrons. The summed E-state index contributed by atoms with van der Waals surface area (Å²) in [5.41, 5.74) is 4.52. The summed E-state index contributed by atoms with van der Waals surface area (Å²) >= 11 is 0. The minimum atomic E-state index is 0.174. The van der Waals surface area contributed by atoms with Crippen molar-refractivity contribution in [3.63, 3.8) is 0 Å². The minimum Gasteiger partial charge on any atom is -0.437 e. The summed E-state index contributed by atoms with van der Waals surface area (Å²) in [4.78, 5) is 11.7. The van der Waals surface area contributed by atoms with Crippen LogP contribution in [0.1, 0.15) is 45.4 Å². The molecule has 4 atom stereocenters.